The molecule has 132 valence electrons. The molecule has 1 aromatic heterocycles. The standard InChI is InChI=1S/C18H22N4O3/c1-4-21-9-16-19-20-17(22(16)13(18(21)23)7-11(2)3)12-5-6-14-15(8-12)25-10-24-14/h5-6,8,11,13H,4,7,9-10H2,1-3H3/t13-/m0/s1. The first-order chi connectivity index (χ1) is 12.1. The molecule has 7 nitrogen and oxygen atoms in total. The van der Waals surface area contributed by atoms with E-state index >= 15 is 0 Å². The van der Waals surface area contributed by atoms with E-state index in [1.807, 2.05) is 34.6 Å². The summed E-state index contributed by atoms with van der Waals surface area (Å²) in [6.07, 6.45) is 0.762. The van der Waals surface area contributed by atoms with Gasteiger partial charge >= 0.3 is 0 Å². The van der Waals surface area contributed by atoms with Crippen LogP contribution in [-0.2, 0) is 11.3 Å². The molecule has 0 spiro atoms. The zero-order valence-electron chi connectivity index (χ0n) is 14.7. The number of carbonyl (C=O) groups excluding carboxylic acids is 1. The van der Waals surface area contributed by atoms with Crippen molar-refractivity contribution in [1.29, 1.82) is 0 Å². The minimum absolute atomic E-state index is 0.144. The van der Waals surface area contributed by atoms with Crippen molar-refractivity contribution < 1.29 is 14.3 Å². The first-order valence-electron chi connectivity index (χ1n) is 8.71. The maximum atomic E-state index is 12.9. The molecular weight excluding hydrogens is 320 g/mol. The Bertz CT molecular complexity index is 815. The number of hydrogen-bond donors (Lipinski definition) is 0. The summed E-state index contributed by atoms with van der Waals surface area (Å²) in [6.45, 7) is 7.66. The Hall–Kier alpha value is -2.57. The highest BCUT2D eigenvalue weighted by atomic mass is 16.7. The number of likely N-dealkylation sites (N-methyl/N-ethyl adjacent to an activating group) is 1. The van der Waals surface area contributed by atoms with Gasteiger partial charge in [-0.25, -0.2) is 0 Å². The highest BCUT2D eigenvalue weighted by Gasteiger charge is 2.36. The average Bonchev–Trinajstić information content (AvgIpc) is 3.22. The number of fused-ring (bicyclic) bond motifs is 2. The third-order valence-electron chi connectivity index (χ3n) is 4.71. The van der Waals surface area contributed by atoms with Gasteiger partial charge in [-0.1, -0.05) is 13.8 Å². The van der Waals surface area contributed by atoms with Crippen LogP contribution in [0.3, 0.4) is 0 Å². The molecule has 1 amide bonds. The number of rotatable bonds is 4. The van der Waals surface area contributed by atoms with Crippen molar-refractivity contribution >= 4 is 5.91 Å². The largest absolute Gasteiger partial charge is 0.454 e. The molecule has 0 radical (unpaired) electrons. The summed E-state index contributed by atoms with van der Waals surface area (Å²) in [5.41, 5.74) is 0.884. The predicted molar refractivity (Wildman–Crippen MR) is 91.2 cm³/mol. The second-order valence-electron chi connectivity index (χ2n) is 6.88. The minimum atomic E-state index is -0.265. The molecule has 7 heteroatoms. The topological polar surface area (TPSA) is 69.5 Å². The number of aromatic nitrogens is 3. The Labute approximate surface area is 146 Å². The second-order valence-corrected chi connectivity index (χ2v) is 6.88. The molecule has 2 aromatic rings. The van der Waals surface area contributed by atoms with Gasteiger partial charge in [-0.15, -0.1) is 10.2 Å². The number of carbonyl (C=O) groups is 1. The van der Waals surface area contributed by atoms with E-state index in [4.69, 9.17) is 9.47 Å². The van der Waals surface area contributed by atoms with Crippen molar-refractivity contribution in [2.75, 3.05) is 13.3 Å². The lowest BCUT2D eigenvalue weighted by molar-refractivity contribution is -0.137. The lowest BCUT2D eigenvalue weighted by Gasteiger charge is -2.34. The van der Waals surface area contributed by atoms with Gasteiger partial charge in [-0.2, -0.15) is 0 Å². The monoisotopic (exact) mass is 342 g/mol. The third kappa shape index (κ3) is 2.63. The van der Waals surface area contributed by atoms with Gasteiger partial charge in [-0.05, 0) is 37.5 Å². The maximum absolute atomic E-state index is 12.9. The molecule has 0 fully saturated rings. The Morgan fingerprint density at radius 3 is 2.80 bits per heavy atom. The van der Waals surface area contributed by atoms with E-state index in [0.717, 1.165) is 23.6 Å². The van der Waals surface area contributed by atoms with Gasteiger partial charge in [0.15, 0.2) is 23.1 Å². The summed E-state index contributed by atoms with van der Waals surface area (Å²) in [6, 6.07) is 5.45. The number of ether oxygens (including phenoxy) is 2. The predicted octanol–water partition coefficient (Wildman–Crippen LogP) is 2.62. The molecule has 1 atom stereocenters. The molecule has 2 aliphatic heterocycles. The van der Waals surface area contributed by atoms with E-state index < -0.39 is 0 Å². The zero-order valence-corrected chi connectivity index (χ0v) is 14.7. The number of hydrogen-bond acceptors (Lipinski definition) is 5. The van der Waals surface area contributed by atoms with Crippen LogP contribution in [0.4, 0.5) is 0 Å². The van der Waals surface area contributed by atoms with Crippen molar-refractivity contribution in [1.82, 2.24) is 19.7 Å². The van der Waals surface area contributed by atoms with E-state index in [-0.39, 0.29) is 18.7 Å². The quantitative estimate of drug-likeness (QED) is 0.854. The summed E-state index contributed by atoms with van der Waals surface area (Å²) in [5, 5.41) is 8.76. The fraction of sp³-hybridized carbons (Fsp3) is 0.500. The molecule has 1 aromatic carbocycles. The Balaban J connectivity index is 1.79. The average molecular weight is 342 g/mol. The second kappa shape index (κ2) is 6.06. The van der Waals surface area contributed by atoms with Gasteiger partial charge in [0, 0.05) is 12.1 Å². The number of amides is 1. The van der Waals surface area contributed by atoms with Crippen LogP contribution in [0, 0.1) is 5.92 Å². The number of benzene rings is 1. The van der Waals surface area contributed by atoms with Crippen LogP contribution < -0.4 is 9.47 Å². The summed E-state index contributed by atoms with van der Waals surface area (Å²) in [5.74, 6) is 3.51. The maximum Gasteiger partial charge on any atom is 0.246 e. The first kappa shape index (κ1) is 15.9. The molecule has 0 N–H and O–H groups in total. The fourth-order valence-electron chi connectivity index (χ4n) is 3.48. The molecule has 0 aliphatic carbocycles. The van der Waals surface area contributed by atoms with E-state index in [1.165, 1.54) is 0 Å². The molecule has 3 heterocycles. The van der Waals surface area contributed by atoms with Crippen molar-refractivity contribution in [2.45, 2.75) is 39.8 Å². The van der Waals surface area contributed by atoms with Gasteiger partial charge in [-0.3, -0.25) is 9.36 Å². The molecule has 0 unspecified atom stereocenters. The van der Waals surface area contributed by atoms with Crippen LogP contribution in [0.15, 0.2) is 18.2 Å². The molecule has 4 rings (SSSR count). The van der Waals surface area contributed by atoms with Crippen LogP contribution in [0.2, 0.25) is 0 Å². The fourth-order valence-corrected chi connectivity index (χ4v) is 3.48. The van der Waals surface area contributed by atoms with E-state index in [2.05, 4.69) is 24.0 Å². The molecule has 25 heavy (non-hydrogen) atoms. The number of nitrogens with zero attached hydrogens (tertiary/aromatic N) is 4. The summed E-state index contributed by atoms with van der Waals surface area (Å²) >= 11 is 0. The SMILES string of the molecule is CCN1Cc2nnc(-c3ccc4c(c3)OCO4)n2[C@@H](CC(C)C)C1=O. The lowest BCUT2D eigenvalue weighted by Crippen LogP contribution is -2.43. The third-order valence-corrected chi connectivity index (χ3v) is 4.71. The van der Waals surface area contributed by atoms with E-state index in [0.29, 0.717) is 30.6 Å². The van der Waals surface area contributed by atoms with Crippen molar-refractivity contribution in [3.63, 3.8) is 0 Å². The zero-order chi connectivity index (χ0) is 17.6. The molecule has 0 saturated carbocycles. The summed E-state index contributed by atoms with van der Waals surface area (Å²) in [7, 11) is 0. The van der Waals surface area contributed by atoms with Crippen LogP contribution in [0.25, 0.3) is 11.4 Å². The van der Waals surface area contributed by atoms with Gasteiger partial charge < -0.3 is 14.4 Å². The smallest absolute Gasteiger partial charge is 0.246 e. The first-order valence-corrected chi connectivity index (χ1v) is 8.71. The highest BCUT2D eigenvalue weighted by Crippen LogP contribution is 2.38. The summed E-state index contributed by atoms with van der Waals surface area (Å²) in [4.78, 5) is 14.8. The van der Waals surface area contributed by atoms with Gasteiger partial charge in [0.05, 0.1) is 6.54 Å². The van der Waals surface area contributed by atoms with Crippen molar-refractivity contribution in [3.05, 3.63) is 24.0 Å². The van der Waals surface area contributed by atoms with Gasteiger partial charge in [0.25, 0.3) is 0 Å². The van der Waals surface area contributed by atoms with Crippen molar-refractivity contribution in [2.24, 2.45) is 5.92 Å². The van der Waals surface area contributed by atoms with Crippen LogP contribution in [-0.4, -0.2) is 38.9 Å². The lowest BCUT2D eigenvalue weighted by atomic mass is 10.00. The van der Waals surface area contributed by atoms with Gasteiger partial charge in [0.2, 0.25) is 12.7 Å². The normalized spacial score (nSPS) is 18.8. The Morgan fingerprint density at radius 2 is 2.04 bits per heavy atom. The van der Waals surface area contributed by atoms with Gasteiger partial charge in [0.1, 0.15) is 6.04 Å². The molecule has 0 saturated heterocycles. The molecule has 0 bridgehead atoms. The van der Waals surface area contributed by atoms with Crippen molar-refractivity contribution in [3.8, 4) is 22.9 Å². The van der Waals surface area contributed by atoms with E-state index in [1.54, 1.807) is 0 Å². The summed E-state index contributed by atoms with van der Waals surface area (Å²) < 4.78 is 12.9. The molecular formula is C18H22N4O3. The molecule has 2 aliphatic rings. The Morgan fingerprint density at radius 1 is 1.24 bits per heavy atom. The minimum Gasteiger partial charge on any atom is -0.454 e. The highest BCUT2D eigenvalue weighted by molar-refractivity contribution is 5.82. The van der Waals surface area contributed by atoms with E-state index in [9.17, 15) is 4.79 Å². The van der Waals surface area contributed by atoms with Crippen LogP contribution >= 0.6 is 0 Å². The van der Waals surface area contributed by atoms with Crippen LogP contribution in [0.5, 0.6) is 11.5 Å². The Kier molecular flexibility index (Phi) is 3.86. The van der Waals surface area contributed by atoms with Crippen LogP contribution in [0.1, 0.15) is 39.1 Å².